The number of hydrogen-bond donors (Lipinski definition) is 0. The van der Waals surface area contributed by atoms with Gasteiger partial charge in [-0.05, 0) is 24.3 Å². The molecule has 0 bridgehead atoms. The molecule has 13 heavy (non-hydrogen) atoms. The van der Waals surface area contributed by atoms with Crippen LogP contribution in [0, 0.1) is 0 Å². The molecule has 0 saturated heterocycles. The van der Waals surface area contributed by atoms with Crippen molar-refractivity contribution in [3.8, 4) is 5.75 Å². The summed E-state index contributed by atoms with van der Waals surface area (Å²) in [6, 6.07) is 5.61. The van der Waals surface area contributed by atoms with Gasteiger partial charge in [-0.15, -0.1) is 0 Å². The van der Waals surface area contributed by atoms with Gasteiger partial charge in [0.25, 0.3) is 0 Å². The summed E-state index contributed by atoms with van der Waals surface area (Å²) in [5, 5.41) is 0. The van der Waals surface area contributed by atoms with Crippen LogP contribution in [0.2, 0.25) is 0 Å². The maximum absolute atomic E-state index is 10.1. The Morgan fingerprint density at radius 3 is 2.85 bits per heavy atom. The van der Waals surface area contributed by atoms with E-state index >= 15 is 0 Å². The molecular formula is C10H9BrO2. The molecule has 0 atom stereocenters. The van der Waals surface area contributed by atoms with Gasteiger partial charge in [0.05, 0.1) is 7.11 Å². The van der Waals surface area contributed by atoms with E-state index in [1.54, 1.807) is 13.2 Å². The predicted molar refractivity (Wildman–Crippen MR) is 55.8 cm³/mol. The number of carbonyl (C=O) groups is 1. The first-order valence-electron chi connectivity index (χ1n) is 3.74. The highest BCUT2D eigenvalue weighted by Gasteiger charge is 2.02. The van der Waals surface area contributed by atoms with E-state index in [1.165, 1.54) is 6.08 Å². The summed E-state index contributed by atoms with van der Waals surface area (Å²) in [4.78, 5) is 10.1. The molecule has 0 heterocycles. The van der Waals surface area contributed by atoms with Gasteiger partial charge in [-0.3, -0.25) is 4.79 Å². The third-order valence-corrected chi connectivity index (χ3v) is 2.27. The summed E-state index contributed by atoms with van der Waals surface area (Å²) in [5.41, 5.74) is 0.872. The number of benzene rings is 1. The number of ether oxygens (including phenoxy) is 1. The molecule has 0 spiro atoms. The minimum atomic E-state index is 0.735. The van der Waals surface area contributed by atoms with Crippen LogP contribution in [0.25, 0.3) is 6.08 Å². The zero-order valence-corrected chi connectivity index (χ0v) is 8.74. The summed E-state index contributed by atoms with van der Waals surface area (Å²) in [7, 11) is 1.60. The van der Waals surface area contributed by atoms with Gasteiger partial charge in [-0.2, -0.15) is 0 Å². The second-order valence-corrected chi connectivity index (χ2v) is 3.21. The molecule has 68 valence electrons. The Balaban J connectivity index is 3.14. The lowest BCUT2D eigenvalue weighted by atomic mass is 10.2. The molecule has 0 aliphatic carbocycles. The van der Waals surface area contributed by atoms with Crippen molar-refractivity contribution in [3.05, 3.63) is 34.3 Å². The number of rotatable bonds is 3. The first-order chi connectivity index (χ1) is 6.29. The third-order valence-electron chi connectivity index (χ3n) is 1.57. The summed E-state index contributed by atoms with van der Waals surface area (Å²) in [6.07, 6.45) is 3.87. The van der Waals surface area contributed by atoms with Gasteiger partial charge in [-0.25, -0.2) is 0 Å². The largest absolute Gasteiger partial charge is 0.496 e. The molecule has 0 saturated carbocycles. The van der Waals surface area contributed by atoms with Gasteiger partial charge < -0.3 is 4.74 Å². The highest BCUT2D eigenvalue weighted by Crippen LogP contribution is 2.27. The highest BCUT2D eigenvalue weighted by molar-refractivity contribution is 9.10. The normalized spacial score (nSPS) is 10.3. The first-order valence-corrected chi connectivity index (χ1v) is 4.53. The number of halogens is 1. The summed E-state index contributed by atoms with van der Waals surface area (Å²) in [5.74, 6) is 0.743. The Labute approximate surface area is 85.3 Å². The van der Waals surface area contributed by atoms with E-state index in [0.29, 0.717) is 0 Å². The molecule has 1 rings (SSSR count). The lowest BCUT2D eigenvalue weighted by molar-refractivity contribution is -0.104. The number of methoxy groups -OCH3 is 1. The van der Waals surface area contributed by atoms with Crippen LogP contribution in [-0.4, -0.2) is 13.4 Å². The summed E-state index contributed by atoms with van der Waals surface area (Å²) in [6.45, 7) is 0. The van der Waals surface area contributed by atoms with Crippen LogP contribution in [-0.2, 0) is 4.79 Å². The maximum Gasteiger partial charge on any atom is 0.142 e. The van der Waals surface area contributed by atoms with Gasteiger partial charge >= 0.3 is 0 Å². The molecule has 0 N–H and O–H groups in total. The monoisotopic (exact) mass is 240 g/mol. The smallest absolute Gasteiger partial charge is 0.142 e. The van der Waals surface area contributed by atoms with Crippen molar-refractivity contribution in [2.75, 3.05) is 7.11 Å². The van der Waals surface area contributed by atoms with Crippen molar-refractivity contribution in [3.63, 3.8) is 0 Å². The molecule has 0 radical (unpaired) electrons. The maximum atomic E-state index is 10.1. The van der Waals surface area contributed by atoms with E-state index in [-0.39, 0.29) is 0 Å². The van der Waals surface area contributed by atoms with Crippen molar-refractivity contribution in [2.24, 2.45) is 0 Å². The van der Waals surface area contributed by atoms with Gasteiger partial charge in [0, 0.05) is 10.0 Å². The van der Waals surface area contributed by atoms with Gasteiger partial charge in [0.15, 0.2) is 0 Å². The van der Waals surface area contributed by atoms with Crippen LogP contribution in [0.3, 0.4) is 0 Å². The van der Waals surface area contributed by atoms with E-state index in [0.717, 1.165) is 22.1 Å². The fraction of sp³-hybridized carbons (Fsp3) is 0.100. The van der Waals surface area contributed by atoms with E-state index in [2.05, 4.69) is 15.9 Å². The second kappa shape index (κ2) is 4.82. The SMILES string of the molecule is COc1cccc(Br)c1/C=C/C=O. The predicted octanol–water partition coefficient (Wildman–Crippen LogP) is 2.67. The average molecular weight is 241 g/mol. The lowest BCUT2D eigenvalue weighted by Gasteiger charge is -2.05. The van der Waals surface area contributed by atoms with Crippen LogP contribution < -0.4 is 4.74 Å². The van der Waals surface area contributed by atoms with Crippen LogP contribution >= 0.6 is 15.9 Å². The van der Waals surface area contributed by atoms with E-state index in [4.69, 9.17) is 4.74 Å². The number of hydrogen-bond acceptors (Lipinski definition) is 2. The average Bonchev–Trinajstić information content (AvgIpc) is 2.15. The standard InChI is InChI=1S/C10H9BrO2/c1-13-10-6-2-5-9(11)8(10)4-3-7-12/h2-7H,1H3/b4-3+. The minimum absolute atomic E-state index is 0.735. The molecule has 0 amide bonds. The molecule has 0 aliphatic rings. The Morgan fingerprint density at radius 2 is 2.23 bits per heavy atom. The zero-order chi connectivity index (χ0) is 9.68. The molecule has 1 aromatic rings. The third kappa shape index (κ3) is 2.42. The molecule has 0 unspecified atom stereocenters. The van der Waals surface area contributed by atoms with E-state index < -0.39 is 0 Å². The quantitative estimate of drug-likeness (QED) is 0.600. The molecular weight excluding hydrogens is 232 g/mol. The fourth-order valence-electron chi connectivity index (χ4n) is 0.992. The lowest BCUT2D eigenvalue weighted by Crippen LogP contribution is -1.87. The van der Waals surface area contributed by atoms with E-state index in [9.17, 15) is 4.79 Å². The molecule has 1 aromatic carbocycles. The van der Waals surface area contributed by atoms with Crippen LogP contribution in [0.4, 0.5) is 0 Å². The van der Waals surface area contributed by atoms with Crippen LogP contribution in [0.15, 0.2) is 28.7 Å². The Bertz CT molecular complexity index is 332. The van der Waals surface area contributed by atoms with Crippen molar-refractivity contribution in [1.29, 1.82) is 0 Å². The summed E-state index contributed by atoms with van der Waals surface area (Å²) >= 11 is 3.37. The second-order valence-electron chi connectivity index (χ2n) is 2.35. The van der Waals surface area contributed by atoms with Crippen LogP contribution in [0.5, 0.6) is 5.75 Å². The Hall–Kier alpha value is -1.09. The Morgan fingerprint density at radius 1 is 1.46 bits per heavy atom. The number of carbonyl (C=O) groups excluding carboxylic acids is 1. The minimum Gasteiger partial charge on any atom is -0.496 e. The van der Waals surface area contributed by atoms with Crippen molar-refractivity contribution in [1.82, 2.24) is 0 Å². The zero-order valence-electron chi connectivity index (χ0n) is 7.16. The van der Waals surface area contributed by atoms with Crippen molar-refractivity contribution < 1.29 is 9.53 Å². The van der Waals surface area contributed by atoms with Crippen molar-refractivity contribution >= 4 is 28.3 Å². The molecule has 0 fully saturated rings. The highest BCUT2D eigenvalue weighted by atomic mass is 79.9. The fourth-order valence-corrected chi connectivity index (χ4v) is 1.47. The number of allylic oxidation sites excluding steroid dienone is 1. The first kappa shape index (κ1) is 9.99. The molecule has 2 nitrogen and oxygen atoms in total. The van der Waals surface area contributed by atoms with Crippen LogP contribution in [0.1, 0.15) is 5.56 Å². The molecule has 0 aliphatic heterocycles. The molecule has 3 heteroatoms. The topological polar surface area (TPSA) is 26.3 Å². The Kier molecular flexibility index (Phi) is 3.71. The summed E-state index contributed by atoms with van der Waals surface area (Å²) < 4.78 is 6.03. The van der Waals surface area contributed by atoms with E-state index in [1.807, 2.05) is 18.2 Å². The van der Waals surface area contributed by atoms with Crippen molar-refractivity contribution in [2.45, 2.75) is 0 Å². The van der Waals surface area contributed by atoms with Gasteiger partial charge in [-0.1, -0.05) is 22.0 Å². The molecule has 0 aromatic heterocycles. The van der Waals surface area contributed by atoms with Gasteiger partial charge in [0.2, 0.25) is 0 Å². The number of aldehydes is 1. The van der Waals surface area contributed by atoms with Gasteiger partial charge in [0.1, 0.15) is 12.0 Å².